The van der Waals surface area contributed by atoms with Gasteiger partial charge in [-0.3, -0.25) is 9.59 Å². The average Bonchev–Trinajstić information content (AvgIpc) is 3.43. The maximum atomic E-state index is 13.4. The number of carbonyl (C=O) groups excluding carboxylic acids is 2. The van der Waals surface area contributed by atoms with Crippen molar-refractivity contribution in [2.24, 2.45) is 0 Å². The molecule has 1 atom stereocenters. The number of amides is 2. The van der Waals surface area contributed by atoms with Crippen LogP contribution in [0, 0.1) is 5.82 Å². The number of anilines is 2. The number of ether oxygens (including phenoxy) is 2. The molecule has 0 bridgehead atoms. The predicted octanol–water partition coefficient (Wildman–Crippen LogP) is 3.50. The molecular formula is C22H19FN4O4. The molecule has 2 aromatic carbocycles. The highest BCUT2D eigenvalue weighted by molar-refractivity contribution is 6.04. The lowest BCUT2D eigenvalue weighted by Gasteiger charge is -2.10. The Kier molecular flexibility index (Phi) is 4.58. The van der Waals surface area contributed by atoms with E-state index < -0.39 is 6.04 Å². The third kappa shape index (κ3) is 3.37. The molecule has 0 fully saturated rings. The molecule has 1 unspecified atom stereocenters. The van der Waals surface area contributed by atoms with Crippen LogP contribution in [0.3, 0.4) is 0 Å². The highest BCUT2D eigenvalue weighted by Crippen LogP contribution is 2.39. The lowest BCUT2D eigenvalue weighted by atomic mass is 10.0. The predicted molar refractivity (Wildman–Crippen MR) is 110 cm³/mol. The lowest BCUT2D eigenvalue weighted by molar-refractivity contribution is -0.123. The molecule has 5 rings (SSSR count). The van der Waals surface area contributed by atoms with Crippen molar-refractivity contribution in [2.75, 3.05) is 17.4 Å². The van der Waals surface area contributed by atoms with E-state index >= 15 is 0 Å². The van der Waals surface area contributed by atoms with E-state index in [1.165, 1.54) is 12.1 Å². The molecule has 2 aliphatic rings. The number of carbonyl (C=O) groups is 2. The first-order chi connectivity index (χ1) is 15.0. The average molecular weight is 422 g/mol. The number of benzene rings is 2. The molecule has 3 aromatic rings. The fourth-order valence-electron chi connectivity index (χ4n) is 3.85. The smallest absolute Gasteiger partial charge is 0.251 e. The van der Waals surface area contributed by atoms with E-state index in [9.17, 15) is 14.0 Å². The summed E-state index contributed by atoms with van der Waals surface area (Å²) in [6.45, 7) is 2.10. The number of halogens is 1. The summed E-state index contributed by atoms with van der Waals surface area (Å²) >= 11 is 0. The van der Waals surface area contributed by atoms with Gasteiger partial charge in [-0.2, -0.15) is 5.10 Å². The fourth-order valence-corrected chi connectivity index (χ4v) is 3.85. The quantitative estimate of drug-likeness (QED) is 0.656. The van der Waals surface area contributed by atoms with E-state index in [-0.39, 0.29) is 30.8 Å². The first kappa shape index (κ1) is 19.1. The number of fused-ring (bicyclic) bond motifs is 2. The Morgan fingerprint density at radius 3 is 2.77 bits per heavy atom. The number of nitrogens with one attached hydrogen (secondary N) is 2. The van der Waals surface area contributed by atoms with E-state index in [1.807, 2.05) is 6.92 Å². The van der Waals surface area contributed by atoms with Crippen molar-refractivity contribution in [3.63, 3.8) is 0 Å². The van der Waals surface area contributed by atoms with Gasteiger partial charge in [0.2, 0.25) is 12.7 Å². The lowest BCUT2D eigenvalue weighted by Crippen LogP contribution is -2.23. The van der Waals surface area contributed by atoms with Crippen molar-refractivity contribution in [1.82, 2.24) is 9.78 Å². The monoisotopic (exact) mass is 422 g/mol. The van der Waals surface area contributed by atoms with E-state index in [0.717, 1.165) is 16.8 Å². The molecule has 8 nitrogen and oxygen atoms in total. The van der Waals surface area contributed by atoms with Crippen LogP contribution in [0.15, 0.2) is 42.5 Å². The molecule has 0 saturated carbocycles. The van der Waals surface area contributed by atoms with Crippen LogP contribution in [0.25, 0.3) is 11.1 Å². The first-order valence-electron chi connectivity index (χ1n) is 9.91. The van der Waals surface area contributed by atoms with Gasteiger partial charge in [0.15, 0.2) is 11.5 Å². The standard InChI is InChI=1S/C22H19FN4O4/c1-2-15-20(12-3-5-13(23)6-4-12)21-25-22(29)16(27(21)26-15)10-19(28)24-14-7-8-17-18(9-14)31-11-30-17/h3-9,16H,2,10-11H2,1H3,(H,24,28)(H,25,29). The third-order valence-electron chi connectivity index (χ3n) is 5.33. The van der Waals surface area contributed by atoms with Gasteiger partial charge in [-0.25, -0.2) is 9.07 Å². The van der Waals surface area contributed by atoms with Crippen LogP contribution >= 0.6 is 0 Å². The Hall–Kier alpha value is -3.88. The van der Waals surface area contributed by atoms with Gasteiger partial charge < -0.3 is 20.1 Å². The number of rotatable bonds is 5. The summed E-state index contributed by atoms with van der Waals surface area (Å²) in [4.78, 5) is 25.3. The Labute approximate surface area is 177 Å². The number of aromatic nitrogens is 2. The first-order valence-corrected chi connectivity index (χ1v) is 9.91. The Morgan fingerprint density at radius 1 is 1.23 bits per heavy atom. The van der Waals surface area contributed by atoms with Gasteiger partial charge in [-0.1, -0.05) is 19.1 Å². The molecule has 158 valence electrons. The number of hydrogen-bond donors (Lipinski definition) is 2. The van der Waals surface area contributed by atoms with Crippen LogP contribution in [0.2, 0.25) is 0 Å². The molecule has 2 N–H and O–H groups in total. The maximum absolute atomic E-state index is 13.4. The fraction of sp³-hybridized carbons (Fsp3) is 0.227. The summed E-state index contributed by atoms with van der Waals surface area (Å²) in [5.74, 6) is 0.720. The van der Waals surface area contributed by atoms with Gasteiger partial charge in [-0.15, -0.1) is 0 Å². The van der Waals surface area contributed by atoms with Gasteiger partial charge >= 0.3 is 0 Å². The van der Waals surface area contributed by atoms with E-state index in [0.29, 0.717) is 29.4 Å². The third-order valence-corrected chi connectivity index (χ3v) is 5.33. The number of aryl methyl sites for hydroxylation is 1. The number of nitrogens with zero attached hydrogens (tertiary/aromatic N) is 2. The summed E-state index contributed by atoms with van der Waals surface area (Å²) in [6.07, 6.45) is 0.541. The molecule has 2 aliphatic heterocycles. The zero-order valence-electron chi connectivity index (χ0n) is 16.6. The summed E-state index contributed by atoms with van der Waals surface area (Å²) < 4.78 is 25.5. The van der Waals surface area contributed by atoms with Gasteiger partial charge in [-0.05, 0) is 36.2 Å². The summed E-state index contributed by atoms with van der Waals surface area (Å²) in [7, 11) is 0. The number of hydrogen-bond acceptors (Lipinski definition) is 5. The highest BCUT2D eigenvalue weighted by atomic mass is 19.1. The van der Waals surface area contributed by atoms with Gasteiger partial charge in [0, 0.05) is 17.3 Å². The van der Waals surface area contributed by atoms with Crippen LogP contribution in [-0.2, 0) is 16.0 Å². The molecular weight excluding hydrogens is 403 g/mol. The Bertz CT molecular complexity index is 1190. The van der Waals surface area contributed by atoms with E-state index in [4.69, 9.17) is 9.47 Å². The van der Waals surface area contributed by atoms with Crippen molar-refractivity contribution in [3.8, 4) is 22.6 Å². The van der Waals surface area contributed by atoms with E-state index in [1.54, 1.807) is 35.0 Å². The molecule has 1 aromatic heterocycles. The largest absolute Gasteiger partial charge is 0.454 e. The molecule has 0 radical (unpaired) electrons. The highest BCUT2D eigenvalue weighted by Gasteiger charge is 2.36. The van der Waals surface area contributed by atoms with Gasteiger partial charge in [0.1, 0.15) is 17.7 Å². The molecule has 9 heteroatoms. The normalized spacial score (nSPS) is 16.2. The maximum Gasteiger partial charge on any atom is 0.251 e. The van der Waals surface area contributed by atoms with Crippen LogP contribution < -0.4 is 20.1 Å². The second-order valence-electron chi connectivity index (χ2n) is 7.30. The minimum Gasteiger partial charge on any atom is -0.454 e. The van der Waals surface area contributed by atoms with Crippen molar-refractivity contribution in [2.45, 2.75) is 25.8 Å². The second-order valence-corrected chi connectivity index (χ2v) is 7.30. The molecule has 31 heavy (non-hydrogen) atoms. The SMILES string of the molecule is CCc1nn2c(c1-c1ccc(F)cc1)NC(=O)C2CC(=O)Nc1ccc2c(c1)OCO2. The minimum absolute atomic E-state index is 0.0824. The van der Waals surface area contributed by atoms with Crippen LogP contribution in [0.1, 0.15) is 25.1 Å². The van der Waals surface area contributed by atoms with Crippen LogP contribution in [0.5, 0.6) is 11.5 Å². The zero-order valence-corrected chi connectivity index (χ0v) is 16.6. The molecule has 3 heterocycles. The Morgan fingerprint density at radius 2 is 2.00 bits per heavy atom. The van der Waals surface area contributed by atoms with Crippen molar-refractivity contribution in [3.05, 3.63) is 54.0 Å². The van der Waals surface area contributed by atoms with Crippen molar-refractivity contribution < 1.29 is 23.5 Å². The van der Waals surface area contributed by atoms with Crippen LogP contribution in [0.4, 0.5) is 15.9 Å². The molecule has 0 aliphatic carbocycles. The Balaban J connectivity index is 1.39. The second kappa shape index (κ2) is 7.42. The van der Waals surface area contributed by atoms with E-state index in [2.05, 4.69) is 15.7 Å². The molecule has 0 saturated heterocycles. The summed E-state index contributed by atoms with van der Waals surface area (Å²) in [5.41, 5.74) is 2.82. The van der Waals surface area contributed by atoms with Gasteiger partial charge in [0.25, 0.3) is 5.91 Å². The summed E-state index contributed by atoms with van der Waals surface area (Å²) in [6, 6.07) is 10.4. The van der Waals surface area contributed by atoms with Crippen molar-refractivity contribution in [1.29, 1.82) is 0 Å². The van der Waals surface area contributed by atoms with Gasteiger partial charge in [0.05, 0.1) is 12.1 Å². The molecule has 0 spiro atoms. The summed E-state index contributed by atoms with van der Waals surface area (Å²) in [5, 5.41) is 10.2. The minimum atomic E-state index is -0.775. The molecule has 2 amide bonds. The zero-order chi connectivity index (χ0) is 21.5. The van der Waals surface area contributed by atoms with Crippen molar-refractivity contribution >= 4 is 23.3 Å². The topological polar surface area (TPSA) is 94.5 Å². The van der Waals surface area contributed by atoms with Crippen LogP contribution in [-0.4, -0.2) is 28.4 Å².